The molecule has 9 heteroatoms. The van der Waals surface area contributed by atoms with Gasteiger partial charge in [0.25, 0.3) is 15.9 Å². The van der Waals surface area contributed by atoms with E-state index in [-0.39, 0.29) is 5.56 Å². The van der Waals surface area contributed by atoms with Crippen LogP contribution in [0.2, 0.25) is 0 Å². The molecule has 0 atom stereocenters. The van der Waals surface area contributed by atoms with Crippen molar-refractivity contribution >= 4 is 27.7 Å². The minimum absolute atomic E-state index is 0.00682. The van der Waals surface area contributed by atoms with Crippen LogP contribution in [0.25, 0.3) is 6.08 Å². The number of amides is 1. The Morgan fingerprint density at radius 2 is 2.11 bits per heavy atom. The summed E-state index contributed by atoms with van der Waals surface area (Å²) in [7, 11) is -0.488. The Hall–Kier alpha value is -2.49. The Labute approximate surface area is 158 Å². The molecule has 0 saturated carbocycles. The van der Waals surface area contributed by atoms with Crippen LogP contribution in [0.15, 0.2) is 29.3 Å². The molecular formula is C18H23N5O3S. The molecule has 1 aromatic heterocycles. The quantitative estimate of drug-likeness (QED) is 0.777. The first-order valence-electron chi connectivity index (χ1n) is 8.59. The van der Waals surface area contributed by atoms with Gasteiger partial charge in [0.05, 0.1) is 5.69 Å². The maximum absolute atomic E-state index is 13.1. The maximum Gasteiger partial charge on any atom is 0.260 e. The van der Waals surface area contributed by atoms with Gasteiger partial charge in [-0.1, -0.05) is 24.3 Å². The van der Waals surface area contributed by atoms with Crippen LogP contribution in [0.1, 0.15) is 34.1 Å². The molecule has 0 aliphatic heterocycles. The number of sulfonamides is 1. The van der Waals surface area contributed by atoms with E-state index in [1.807, 2.05) is 50.2 Å². The van der Waals surface area contributed by atoms with E-state index in [9.17, 15) is 13.2 Å². The van der Waals surface area contributed by atoms with E-state index in [0.717, 1.165) is 17.5 Å². The van der Waals surface area contributed by atoms with Crippen LogP contribution in [0.4, 0.5) is 5.69 Å². The molecule has 0 fully saturated rings. The summed E-state index contributed by atoms with van der Waals surface area (Å²) in [5.41, 5.74) is 3.17. The fourth-order valence-corrected chi connectivity index (χ4v) is 3.91. The number of benzene rings is 1. The number of hydrogen-bond acceptors (Lipinski definition) is 5. The highest BCUT2D eigenvalue weighted by atomic mass is 32.2. The van der Waals surface area contributed by atoms with Gasteiger partial charge in [-0.05, 0) is 39.1 Å². The zero-order chi connectivity index (χ0) is 19.8. The number of hydrogen-bond donors (Lipinski definition) is 2. The summed E-state index contributed by atoms with van der Waals surface area (Å²) in [6.07, 6.45) is 4.77. The van der Waals surface area contributed by atoms with Crippen LogP contribution >= 0.6 is 0 Å². The second-order valence-electron chi connectivity index (χ2n) is 6.66. The molecule has 1 heterocycles. The Morgan fingerprint density at radius 1 is 1.37 bits per heavy atom. The summed E-state index contributed by atoms with van der Waals surface area (Å²) in [5.74, 6) is -0.538. The van der Waals surface area contributed by atoms with Crippen LogP contribution in [-0.4, -0.2) is 43.1 Å². The number of nitrogens with one attached hydrogen (secondary N) is 1. The van der Waals surface area contributed by atoms with Crippen LogP contribution in [-0.2, 0) is 29.5 Å². The summed E-state index contributed by atoms with van der Waals surface area (Å²) in [6, 6.07) is 5.64. The monoisotopic (exact) mass is 389 g/mol. The molecule has 144 valence electrons. The Balaban J connectivity index is 2.09. The first kappa shape index (κ1) is 19.3. The molecule has 0 spiro atoms. The third kappa shape index (κ3) is 3.80. The van der Waals surface area contributed by atoms with Crippen LogP contribution in [0, 0.1) is 0 Å². The molecule has 8 nitrogen and oxygen atoms in total. The number of nitrogens with zero attached hydrogens (tertiary/aromatic N) is 3. The van der Waals surface area contributed by atoms with E-state index in [1.54, 1.807) is 6.07 Å². The summed E-state index contributed by atoms with van der Waals surface area (Å²) >= 11 is 0. The zero-order valence-electron chi connectivity index (χ0n) is 15.6. The van der Waals surface area contributed by atoms with Gasteiger partial charge < -0.3 is 10.2 Å². The van der Waals surface area contributed by atoms with Crippen molar-refractivity contribution in [2.75, 3.05) is 19.4 Å². The number of allylic oxidation sites excluding steroid dienone is 1. The summed E-state index contributed by atoms with van der Waals surface area (Å²) in [6.45, 7) is 2.60. The minimum atomic E-state index is -4.16. The Bertz CT molecular complexity index is 1020. The molecule has 0 saturated heterocycles. The minimum Gasteiger partial charge on any atom is -0.321 e. The smallest absolute Gasteiger partial charge is 0.260 e. The molecular weight excluding hydrogens is 366 g/mol. The number of carbonyl (C=O) groups excluding carboxylic acids is 1. The fraction of sp³-hybridized carbons (Fsp3) is 0.333. The SMILES string of the molecule is CCn1nc(S(N)(=O)=O)c(C(=O)Nc2cccc3c2C=CC3)c1CN(C)C. The number of carbonyl (C=O) groups is 1. The molecule has 3 rings (SSSR count). The average molecular weight is 389 g/mol. The normalized spacial score (nSPS) is 13.2. The lowest BCUT2D eigenvalue weighted by Gasteiger charge is -2.14. The lowest BCUT2D eigenvalue weighted by molar-refractivity contribution is 0.102. The molecule has 1 amide bonds. The van der Waals surface area contributed by atoms with Crippen molar-refractivity contribution in [2.45, 2.75) is 31.5 Å². The molecule has 0 bridgehead atoms. The molecule has 2 aromatic rings. The Kier molecular flexibility index (Phi) is 5.18. The molecule has 1 aliphatic rings. The number of nitrogens with two attached hydrogens (primary N) is 1. The van der Waals surface area contributed by atoms with Gasteiger partial charge in [0, 0.05) is 24.3 Å². The zero-order valence-corrected chi connectivity index (χ0v) is 16.4. The molecule has 27 heavy (non-hydrogen) atoms. The lowest BCUT2D eigenvalue weighted by Crippen LogP contribution is -2.23. The summed E-state index contributed by atoms with van der Waals surface area (Å²) in [4.78, 5) is 14.9. The molecule has 0 radical (unpaired) electrons. The first-order chi connectivity index (χ1) is 12.7. The van der Waals surface area contributed by atoms with Crippen molar-refractivity contribution in [3.05, 3.63) is 46.7 Å². The number of fused-ring (bicyclic) bond motifs is 1. The van der Waals surface area contributed by atoms with Gasteiger partial charge in [0.2, 0.25) is 5.03 Å². The van der Waals surface area contributed by atoms with Crippen molar-refractivity contribution < 1.29 is 13.2 Å². The average Bonchev–Trinajstić information content (AvgIpc) is 3.18. The van der Waals surface area contributed by atoms with E-state index < -0.39 is 21.0 Å². The fourth-order valence-electron chi connectivity index (χ4n) is 3.21. The lowest BCUT2D eigenvalue weighted by atomic mass is 10.1. The molecule has 1 aliphatic carbocycles. The number of rotatable bonds is 6. The largest absolute Gasteiger partial charge is 0.321 e. The number of anilines is 1. The third-order valence-electron chi connectivity index (χ3n) is 4.35. The predicted molar refractivity (Wildman–Crippen MR) is 104 cm³/mol. The van der Waals surface area contributed by atoms with Gasteiger partial charge in [0.15, 0.2) is 0 Å². The van der Waals surface area contributed by atoms with Crippen molar-refractivity contribution in [3.8, 4) is 0 Å². The van der Waals surface area contributed by atoms with E-state index in [0.29, 0.717) is 24.5 Å². The standard InChI is InChI=1S/C18H23N5O3S/c1-4-23-15(11-22(2)3)16(18(21-23)27(19,25)26)17(24)20-14-10-6-8-12-7-5-9-13(12)14/h5-6,8-10H,4,7,11H2,1-3H3,(H,20,24)(H2,19,25,26). The maximum atomic E-state index is 13.1. The van der Waals surface area contributed by atoms with Gasteiger partial charge in [-0.2, -0.15) is 5.10 Å². The van der Waals surface area contributed by atoms with Crippen LogP contribution in [0.5, 0.6) is 0 Å². The predicted octanol–water partition coefficient (Wildman–Crippen LogP) is 1.43. The van der Waals surface area contributed by atoms with Crippen LogP contribution in [0.3, 0.4) is 0 Å². The van der Waals surface area contributed by atoms with Crippen molar-refractivity contribution in [1.82, 2.24) is 14.7 Å². The van der Waals surface area contributed by atoms with Gasteiger partial charge in [-0.3, -0.25) is 9.48 Å². The number of aromatic nitrogens is 2. The second kappa shape index (κ2) is 7.26. The van der Waals surface area contributed by atoms with Gasteiger partial charge in [0.1, 0.15) is 5.56 Å². The summed E-state index contributed by atoms with van der Waals surface area (Å²) in [5, 5.41) is 11.9. The molecule has 3 N–H and O–H groups in total. The first-order valence-corrected chi connectivity index (χ1v) is 10.1. The molecule has 1 aromatic carbocycles. The van der Waals surface area contributed by atoms with Crippen molar-refractivity contribution in [2.24, 2.45) is 5.14 Å². The third-order valence-corrected chi connectivity index (χ3v) is 5.18. The van der Waals surface area contributed by atoms with Gasteiger partial charge in [-0.15, -0.1) is 0 Å². The van der Waals surface area contributed by atoms with E-state index in [2.05, 4.69) is 10.4 Å². The summed E-state index contributed by atoms with van der Waals surface area (Å²) < 4.78 is 25.6. The van der Waals surface area contributed by atoms with Gasteiger partial charge >= 0.3 is 0 Å². The van der Waals surface area contributed by atoms with Crippen molar-refractivity contribution in [1.29, 1.82) is 0 Å². The van der Waals surface area contributed by atoms with Gasteiger partial charge in [-0.25, -0.2) is 13.6 Å². The molecule has 0 unspecified atom stereocenters. The second-order valence-corrected chi connectivity index (χ2v) is 8.14. The Morgan fingerprint density at radius 3 is 2.74 bits per heavy atom. The van der Waals surface area contributed by atoms with E-state index >= 15 is 0 Å². The van der Waals surface area contributed by atoms with E-state index in [1.165, 1.54) is 4.68 Å². The highest BCUT2D eigenvalue weighted by molar-refractivity contribution is 7.89. The van der Waals surface area contributed by atoms with Crippen LogP contribution < -0.4 is 10.5 Å². The number of primary sulfonamides is 1. The number of aryl methyl sites for hydroxylation is 1. The highest BCUT2D eigenvalue weighted by Crippen LogP contribution is 2.28. The topological polar surface area (TPSA) is 110 Å². The van der Waals surface area contributed by atoms with E-state index in [4.69, 9.17) is 5.14 Å². The highest BCUT2D eigenvalue weighted by Gasteiger charge is 2.30. The van der Waals surface area contributed by atoms with Crippen molar-refractivity contribution in [3.63, 3.8) is 0 Å².